The molecule has 29 heavy (non-hydrogen) atoms. The first kappa shape index (κ1) is 17.4. The molecule has 1 aromatic carbocycles. The molecule has 0 saturated heterocycles. The molecule has 1 fully saturated rings. The summed E-state index contributed by atoms with van der Waals surface area (Å²) in [4.78, 5) is 22.7. The number of amides is 1. The number of anilines is 3. The SMILES string of the molecule is CN(c1ccc(-c2cccc3nc(NC(=O)C4CC4)nn23)cc1)c1cccnc1. The van der Waals surface area contributed by atoms with Gasteiger partial charge in [0.05, 0.1) is 17.6 Å². The number of carbonyl (C=O) groups excluding carboxylic acids is 1. The molecule has 7 nitrogen and oxygen atoms in total. The Bertz CT molecular complexity index is 1170. The Labute approximate surface area is 168 Å². The minimum absolute atomic E-state index is 0.00486. The first-order valence-corrected chi connectivity index (χ1v) is 9.60. The number of rotatable bonds is 5. The van der Waals surface area contributed by atoms with E-state index in [1.165, 1.54) is 0 Å². The fourth-order valence-corrected chi connectivity index (χ4v) is 3.29. The van der Waals surface area contributed by atoms with Gasteiger partial charge in [0.1, 0.15) is 0 Å². The van der Waals surface area contributed by atoms with Crippen LogP contribution in [-0.2, 0) is 4.79 Å². The van der Waals surface area contributed by atoms with Crippen molar-refractivity contribution in [1.29, 1.82) is 0 Å². The number of carbonyl (C=O) groups is 1. The van der Waals surface area contributed by atoms with Gasteiger partial charge in [-0.15, -0.1) is 5.10 Å². The van der Waals surface area contributed by atoms with Gasteiger partial charge >= 0.3 is 0 Å². The molecule has 0 unspecified atom stereocenters. The van der Waals surface area contributed by atoms with Crippen molar-refractivity contribution in [2.45, 2.75) is 12.8 Å². The van der Waals surface area contributed by atoms with Crippen LogP contribution in [0.3, 0.4) is 0 Å². The maximum atomic E-state index is 12.0. The fraction of sp³-hybridized carbons (Fsp3) is 0.182. The van der Waals surface area contributed by atoms with Gasteiger partial charge in [-0.2, -0.15) is 4.98 Å². The second-order valence-electron chi connectivity index (χ2n) is 7.20. The zero-order valence-electron chi connectivity index (χ0n) is 16.0. The molecule has 7 heteroatoms. The molecule has 0 spiro atoms. The number of pyridine rings is 2. The lowest BCUT2D eigenvalue weighted by Crippen LogP contribution is -2.14. The van der Waals surface area contributed by atoms with Crippen LogP contribution >= 0.6 is 0 Å². The minimum atomic E-state index is 0.00486. The van der Waals surface area contributed by atoms with Crippen LogP contribution in [0.25, 0.3) is 16.9 Å². The van der Waals surface area contributed by atoms with E-state index in [9.17, 15) is 4.79 Å². The molecule has 4 aromatic rings. The quantitative estimate of drug-likeness (QED) is 0.565. The smallest absolute Gasteiger partial charge is 0.249 e. The van der Waals surface area contributed by atoms with E-state index >= 15 is 0 Å². The van der Waals surface area contributed by atoms with E-state index in [-0.39, 0.29) is 11.8 Å². The highest BCUT2D eigenvalue weighted by atomic mass is 16.2. The normalized spacial score (nSPS) is 13.4. The molecule has 0 aliphatic heterocycles. The fourth-order valence-electron chi connectivity index (χ4n) is 3.29. The number of hydrogen-bond acceptors (Lipinski definition) is 5. The van der Waals surface area contributed by atoms with Crippen molar-refractivity contribution in [2.75, 3.05) is 17.3 Å². The highest BCUT2D eigenvalue weighted by Crippen LogP contribution is 2.30. The maximum absolute atomic E-state index is 12.0. The standard InChI is InChI=1S/C22H20N6O/c1-27(18-4-3-13-23-14-18)17-11-9-15(10-12-17)19-5-2-6-20-24-22(26-28(19)20)25-21(29)16-7-8-16/h2-6,9-14,16H,7-8H2,1H3,(H,25,26,29). The van der Waals surface area contributed by atoms with Crippen LogP contribution in [0.15, 0.2) is 67.0 Å². The van der Waals surface area contributed by atoms with E-state index in [0.29, 0.717) is 11.6 Å². The van der Waals surface area contributed by atoms with Gasteiger partial charge in [-0.3, -0.25) is 15.1 Å². The number of benzene rings is 1. The average molecular weight is 384 g/mol. The molecule has 0 atom stereocenters. The first-order valence-electron chi connectivity index (χ1n) is 9.60. The number of fused-ring (bicyclic) bond motifs is 1. The van der Waals surface area contributed by atoms with Gasteiger partial charge in [0.15, 0.2) is 5.65 Å². The molecular weight excluding hydrogens is 364 g/mol. The lowest BCUT2D eigenvalue weighted by Gasteiger charge is -2.19. The maximum Gasteiger partial charge on any atom is 0.249 e. The van der Waals surface area contributed by atoms with E-state index in [4.69, 9.17) is 0 Å². The molecular formula is C22H20N6O. The van der Waals surface area contributed by atoms with Crippen molar-refractivity contribution in [3.8, 4) is 11.3 Å². The Morgan fingerprint density at radius 3 is 2.62 bits per heavy atom. The Hall–Kier alpha value is -3.74. The summed E-state index contributed by atoms with van der Waals surface area (Å²) in [5.74, 6) is 0.470. The molecule has 1 saturated carbocycles. The Morgan fingerprint density at radius 1 is 1.07 bits per heavy atom. The van der Waals surface area contributed by atoms with E-state index in [2.05, 4.69) is 49.5 Å². The van der Waals surface area contributed by atoms with Crippen molar-refractivity contribution < 1.29 is 4.79 Å². The zero-order chi connectivity index (χ0) is 19.8. The number of nitrogens with zero attached hydrogens (tertiary/aromatic N) is 5. The van der Waals surface area contributed by atoms with Crippen LogP contribution in [0.1, 0.15) is 12.8 Å². The van der Waals surface area contributed by atoms with Gasteiger partial charge in [0, 0.05) is 30.4 Å². The third kappa shape index (κ3) is 3.42. The summed E-state index contributed by atoms with van der Waals surface area (Å²) < 4.78 is 1.77. The van der Waals surface area contributed by atoms with Gasteiger partial charge in [-0.05, 0) is 49.2 Å². The summed E-state index contributed by atoms with van der Waals surface area (Å²) in [7, 11) is 2.01. The van der Waals surface area contributed by atoms with E-state index in [1.807, 2.05) is 43.6 Å². The predicted octanol–water partition coefficient (Wildman–Crippen LogP) is 3.91. The molecule has 1 aliphatic carbocycles. The second-order valence-corrected chi connectivity index (χ2v) is 7.20. The van der Waals surface area contributed by atoms with Crippen LogP contribution in [0.4, 0.5) is 17.3 Å². The number of nitrogens with one attached hydrogen (secondary N) is 1. The lowest BCUT2D eigenvalue weighted by molar-refractivity contribution is -0.117. The van der Waals surface area contributed by atoms with Gasteiger partial charge < -0.3 is 4.90 Å². The van der Waals surface area contributed by atoms with Crippen molar-refractivity contribution in [3.05, 3.63) is 67.0 Å². The molecule has 3 aromatic heterocycles. The Kier molecular flexibility index (Phi) is 4.20. The largest absolute Gasteiger partial charge is 0.343 e. The average Bonchev–Trinajstić information content (AvgIpc) is 3.54. The highest BCUT2D eigenvalue weighted by molar-refractivity contribution is 5.92. The van der Waals surface area contributed by atoms with E-state index in [1.54, 1.807) is 10.7 Å². The third-order valence-electron chi connectivity index (χ3n) is 5.13. The summed E-state index contributed by atoms with van der Waals surface area (Å²) >= 11 is 0. The minimum Gasteiger partial charge on any atom is -0.343 e. The molecule has 0 bridgehead atoms. The van der Waals surface area contributed by atoms with Crippen molar-refractivity contribution in [2.24, 2.45) is 5.92 Å². The Morgan fingerprint density at radius 2 is 1.90 bits per heavy atom. The first-order chi connectivity index (χ1) is 14.2. The summed E-state index contributed by atoms with van der Waals surface area (Å²) in [5, 5.41) is 7.32. The van der Waals surface area contributed by atoms with E-state index in [0.717, 1.165) is 35.5 Å². The van der Waals surface area contributed by atoms with Crippen molar-refractivity contribution in [1.82, 2.24) is 19.6 Å². The lowest BCUT2D eigenvalue weighted by atomic mass is 10.1. The molecule has 144 valence electrons. The van der Waals surface area contributed by atoms with E-state index < -0.39 is 0 Å². The van der Waals surface area contributed by atoms with Gasteiger partial charge in [-0.1, -0.05) is 18.2 Å². The van der Waals surface area contributed by atoms with Crippen LogP contribution in [0.5, 0.6) is 0 Å². The molecule has 0 radical (unpaired) electrons. The van der Waals surface area contributed by atoms with Crippen LogP contribution in [0, 0.1) is 5.92 Å². The zero-order valence-corrected chi connectivity index (χ0v) is 16.0. The third-order valence-corrected chi connectivity index (χ3v) is 5.13. The molecule has 1 amide bonds. The van der Waals surface area contributed by atoms with Crippen LogP contribution in [0.2, 0.25) is 0 Å². The van der Waals surface area contributed by atoms with Crippen LogP contribution in [-0.4, -0.2) is 32.5 Å². The van der Waals surface area contributed by atoms with Gasteiger partial charge in [0.2, 0.25) is 11.9 Å². The second kappa shape index (κ2) is 7.01. The molecule has 1 aliphatic rings. The molecule has 3 heterocycles. The van der Waals surface area contributed by atoms with Gasteiger partial charge in [0.25, 0.3) is 0 Å². The molecule has 5 rings (SSSR count). The van der Waals surface area contributed by atoms with Crippen molar-refractivity contribution in [3.63, 3.8) is 0 Å². The summed E-state index contributed by atoms with van der Waals surface area (Å²) in [6.07, 6.45) is 5.50. The monoisotopic (exact) mass is 384 g/mol. The van der Waals surface area contributed by atoms with Gasteiger partial charge in [-0.25, -0.2) is 4.52 Å². The highest BCUT2D eigenvalue weighted by Gasteiger charge is 2.30. The summed E-state index contributed by atoms with van der Waals surface area (Å²) in [6.45, 7) is 0. The Balaban J connectivity index is 1.44. The number of aromatic nitrogens is 4. The predicted molar refractivity (Wildman–Crippen MR) is 112 cm³/mol. The number of hydrogen-bond donors (Lipinski definition) is 1. The van der Waals surface area contributed by atoms with Crippen molar-refractivity contribution >= 4 is 28.9 Å². The molecule has 1 N–H and O–H groups in total. The van der Waals surface area contributed by atoms with Crippen LogP contribution < -0.4 is 10.2 Å². The summed E-state index contributed by atoms with van der Waals surface area (Å²) in [5.41, 5.74) is 4.71. The topological polar surface area (TPSA) is 75.4 Å². The summed E-state index contributed by atoms with van der Waals surface area (Å²) in [6, 6.07) is 18.0.